The average Bonchev–Trinajstić information content (AvgIpc) is 2.75. The molecule has 2 aromatic rings. The van der Waals surface area contributed by atoms with Crippen LogP contribution in [0.2, 0.25) is 0 Å². The van der Waals surface area contributed by atoms with Crippen LogP contribution in [-0.4, -0.2) is 20.9 Å². The molecule has 1 aliphatic rings. The van der Waals surface area contributed by atoms with E-state index in [1.54, 1.807) is 12.1 Å². The molecule has 0 saturated heterocycles. The van der Waals surface area contributed by atoms with Crippen molar-refractivity contribution in [3.63, 3.8) is 0 Å². The molecule has 0 bridgehead atoms. The molecule has 0 spiro atoms. The molecule has 0 amide bonds. The van der Waals surface area contributed by atoms with Crippen LogP contribution in [0.5, 0.6) is 5.88 Å². The maximum absolute atomic E-state index is 11.7. The number of benzene rings is 1. The topological polar surface area (TPSA) is 52.1 Å². The van der Waals surface area contributed by atoms with Gasteiger partial charge < -0.3 is 4.74 Å². The highest BCUT2D eigenvalue weighted by molar-refractivity contribution is 8.00. The Bertz CT molecular complexity index is 1060. The smallest absolute Gasteiger partial charge is 0.312 e. The SMILES string of the molecule is CCCCCCc1cc2c(cc1C#Cc1ccc(OC(=O)CCC)nn1)C(C)(C)CC(C)(C)S2. The van der Waals surface area contributed by atoms with Crippen LogP contribution >= 0.6 is 11.8 Å². The zero-order valence-corrected chi connectivity index (χ0v) is 22.4. The van der Waals surface area contributed by atoms with Crippen molar-refractivity contribution in [2.45, 2.75) is 108 Å². The van der Waals surface area contributed by atoms with Gasteiger partial charge in [0.05, 0.1) is 0 Å². The molecule has 4 nitrogen and oxygen atoms in total. The Balaban J connectivity index is 1.89. The Morgan fingerprint density at radius 1 is 1.03 bits per heavy atom. The van der Waals surface area contributed by atoms with Gasteiger partial charge in [0, 0.05) is 27.7 Å². The van der Waals surface area contributed by atoms with Crippen LogP contribution in [0.1, 0.15) is 109 Å². The molecule has 0 radical (unpaired) electrons. The summed E-state index contributed by atoms with van der Waals surface area (Å²) in [6, 6.07) is 8.12. The highest BCUT2D eigenvalue weighted by Crippen LogP contribution is 2.51. The summed E-state index contributed by atoms with van der Waals surface area (Å²) in [6.45, 7) is 13.6. The average molecular weight is 479 g/mol. The van der Waals surface area contributed by atoms with Crippen molar-refractivity contribution in [2.75, 3.05) is 0 Å². The van der Waals surface area contributed by atoms with Gasteiger partial charge in [0.2, 0.25) is 5.88 Å². The molecule has 0 N–H and O–H groups in total. The first-order chi connectivity index (χ1) is 16.1. The summed E-state index contributed by atoms with van der Waals surface area (Å²) in [4.78, 5) is 13.1. The van der Waals surface area contributed by atoms with E-state index in [1.165, 1.54) is 41.7 Å². The number of thioether (sulfide) groups is 1. The van der Waals surface area contributed by atoms with Gasteiger partial charge in [-0.05, 0) is 66.3 Å². The fourth-order valence-electron chi connectivity index (χ4n) is 4.74. The summed E-state index contributed by atoms with van der Waals surface area (Å²) in [5.41, 5.74) is 4.47. The van der Waals surface area contributed by atoms with Gasteiger partial charge in [-0.25, -0.2) is 0 Å². The summed E-state index contributed by atoms with van der Waals surface area (Å²) in [6.07, 6.45) is 8.20. The lowest BCUT2D eigenvalue weighted by molar-refractivity contribution is -0.134. The molecule has 0 aliphatic carbocycles. The van der Waals surface area contributed by atoms with Crippen molar-refractivity contribution in [1.29, 1.82) is 0 Å². The van der Waals surface area contributed by atoms with Gasteiger partial charge in [-0.15, -0.1) is 22.0 Å². The highest BCUT2D eigenvalue weighted by atomic mass is 32.2. The van der Waals surface area contributed by atoms with E-state index >= 15 is 0 Å². The largest absolute Gasteiger partial charge is 0.406 e. The van der Waals surface area contributed by atoms with Gasteiger partial charge in [-0.2, -0.15) is 0 Å². The molecule has 0 saturated carbocycles. The predicted molar refractivity (Wildman–Crippen MR) is 140 cm³/mol. The second kappa shape index (κ2) is 11.4. The van der Waals surface area contributed by atoms with Crippen LogP contribution in [0.15, 0.2) is 29.2 Å². The molecule has 1 aromatic heterocycles. The minimum atomic E-state index is -0.291. The van der Waals surface area contributed by atoms with Crippen LogP contribution in [0.3, 0.4) is 0 Å². The number of hydrogen-bond acceptors (Lipinski definition) is 5. The number of carbonyl (C=O) groups is 1. The van der Waals surface area contributed by atoms with E-state index in [0.29, 0.717) is 12.1 Å². The zero-order valence-electron chi connectivity index (χ0n) is 21.6. The van der Waals surface area contributed by atoms with Crippen LogP contribution < -0.4 is 4.74 Å². The van der Waals surface area contributed by atoms with Crippen molar-refractivity contribution in [1.82, 2.24) is 10.2 Å². The summed E-state index contributed by atoms with van der Waals surface area (Å²) < 4.78 is 5.42. The Kier molecular flexibility index (Phi) is 8.82. The van der Waals surface area contributed by atoms with E-state index in [2.05, 4.69) is 68.8 Å². The molecule has 0 atom stereocenters. The number of nitrogens with zero attached hydrogens (tertiary/aromatic N) is 2. The molecule has 0 fully saturated rings. The van der Waals surface area contributed by atoms with Gasteiger partial charge in [-0.3, -0.25) is 4.79 Å². The number of ether oxygens (including phenoxy) is 1. The van der Waals surface area contributed by atoms with Crippen molar-refractivity contribution in [2.24, 2.45) is 0 Å². The van der Waals surface area contributed by atoms with Gasteiger partial charge in [-0.1, -0.05) is 66.7 Å². The maximum Gasteiger partial charge on any atom is 0.312 e. The first-order valence-corrected chi connectivity index (χ1v) is 13.4. The lowest BCUT2D eigenvalue weighted by atomic mass is 9.76. The second-order valence-electron chi connectivity index (χ2n) is 10.5. The number of esters is 1. The molecule has 3 rings (SSSR count). The fraction of sp³-hybridized carbons (Fsp3) is 0.552. The van der Waals surface area contributed by atoms with Crippen LogP contribution in [0.4, 0.5) is 0 Å². The number of carbonyl (C=O) groups excluding carboxylic acids is 1. The zero-order chi connectivity index (χ0) is 24.8. The predicted octanol–water partition coefficient (Wildman–Crippen LogP) is 7.26. The lowest BCUT2D eigenvalue weighted by Crippen LogP contribution is -2.33. The lowest BCUT2D eigenvalue weighted by Gasteiger charge is -2.42. The number of fused-ring (bicyclic) bond motifs is 1. The van der Waals surface area contributed by atoms with E-state index in [-0.39, 0.29) is 22.0 Å². The molecular weight excluding hydrogens is 440 g/mol. The number of hydrogen-bond donors (Lipinski definition) is 0. The van der Waals surface area contributed by atoms with Crippen LogP contribution in [-0.2, 0) is 16.6 Å². The summed E-state index contributed by atoms with van der Waals surface area (Å²) in [5.74, 6) is 6.51. The molecule has 5 heteroatoms. The van der Waals surface area contributed by atoms with E-state index in [1.807, 2.05) is 18.7 Å². The fourth-order valence-corrected chi connectivity index (χ4v) is 6.41. The molecule has 34 heavy (non-hydrogen) atoms. The highest BCUT2D eigenvalue weighted by Gasteiger charge is 2.38. The third kappa shape index (κ3) is 7.09. The third-order valence-electron chi connectivity index (χ3n) is 6.13. The number of aryl methyl sites for hydroxylation is 1. The van der Waals surface area contributed by atoms with Gasteiger partial charge in [0.1, 0.15) is 5.69 Å². The maximum atomic E-state index is 11.7. The summed E-state index contributed by atoms with van der Waals surface area (Å²) in [7, 11) is 0. The normalized spacial score (nSPS) is 15.7. The van der Waals surface area contributed by atoms with Gasteiger partial charge in [0.25, 0.3) is 0 Å². The number of aromatic nitrogens is 2. The third-order valence-corrected chi connectivity index (χ3v) is 7.38. The molecule has 1 aromatic carbocycles. The van der Waals surface area contributed by atoms with E-state index in [4.69, 9.17) is 4.74 Å². The molecule has 182 valence electrons. The van der Waals surface area contributed by atoms with Gasteiger partial charge >= 0.3 is 5.97 Å². The first-order valence-electron chi connectivity index (χ1n) is 12.6. The number of rotatable bonds is 8. The minimum absolute atomic E-state index is 0.102. The Morgan fingerprint density at radius 3 is 2.50 bits per heavy atom. The first kappa shape index (κ1) is 26.3. The monoisotopic (exact) mass is 478 g/mol. The Hall–Kier alpha value is -2.32. The van der Waals surface area contributed by atoms with Gasteiger partial charge in [0.15, 0.2) is 0 Å². The Morgan fingerprint density at radius 2 is 1.82 bits per heavy atom. The summed E-state index contributed by atoms with van der Waals surface area (Å²) >= 11 is 2.00. The number of unbranched alkanes of at least 4 members (excludes halogenated alkanes) is 3. The molecule has 2 heterocycles. The van der Waals surface area contributed by atoms with Crippen molar-refractivity contribution < 1.29 is 9.53 Å². The minimum Gasteiger partial charge on any atom is -0.406 e. The standard InChI is InChI=1S/C29H38N2O2S/c1-7-9-10-11-13-21-19-25-24(28(3,4)20-29(5,6)34-25)18-22(21)14-15-23-16-17-26(31-30-23)33-27(32)12-8-2/h16-19H,7-13,20H2,1-6H3. The van der Waals surface area contributed by atoms with E-state index < -0.39 is 0 Å². The Labute approximate surface area is 209 Å². The molecule has 1 aliphatic heterocycles. The van der Waals surface area contributed by atoms with Crippen molar-refractivity contribution in [3.05, 3.63) is 46.6 Å². The van der Waals surface area contributed by atoms with Crippen molar-refractivity contribution in [3.8, 4) is 17.7 Å². The molecule has 0 unspecified atom stereocenters. The van der Waals surface area contributed by atoms with Crippen LogP contribution in [0.25, 0.3) is 0 Å². The molecular formula is C29H38N2O2S. The van der Waals surface area contributed by atoms with E-state index in [9.17, 15) is 4.79 Å². The second-order valence-corrected chi connectivity index (χ2v) is 12.2. The quantitative estimate of drug-likeness (QED) is 0.227. The van der Waals surface area contributed by atoms with Crippen LogP contribution in [0, 0.1) is 11.8 Å². The van der Waals surface area contributed by atoms with E-state index in [0.717, 1.165) is 24.8 Å². The summed E-state index contributed by atoms with van der Waals surface area (Å²) in [5, 5.41) is 8.17. The van der Waals surface area contributed by atoms with Crippen molar-refractivity contribution >= 4 is 17.7 Å².